The van der Waals surface area contributed by atoms with Crippen LogP contribution in [0.3, 0.4) is 0 Å². The summed E-state index contributed by atoms with van der Waals surface area (Å²) in [7, 11) is 0. The quantitative estimate of drug-likeness (QED) is 0.119. The fourth-order valence-electron chi connectivity index (χ4n) is 20.7. The van der Waals surface area contributed by atoms with Gasteiger partial charge in [-0.3, -0.25) is 0 Å². The van der Waals surface area contributed by atoms with E-state index in [0.717, 1.165) is 0 Å². The number of rotatable bonds is 5. The van der Waals surface area contributed by atoms with Gasteiger partial charge in [0, 0.05) is 0 Å². The molecular formula is C150H128. The zero-order chi connectivity index (χ0) is 104. The predicted molar refractivity (Wildman–Crippen MR) is 660 cm³/mol. The second-order valence-electron chi connectivity index (χ2n) is 41.8. The summed E-state index contributed by atoms with van der Waals surface area (Å²) in [5.74, 6) is 0. The van der Waals surface area contributed by atoms with Gasteiger partial charge in [0.05, 0.1) is 0 Å². The lowest BCUT2D eigenvalue weighted by molar-refractivity contribution is 1.47. The summed E-state index contributed by atoms with van der Waals surface area (Å²) in [6, 6.07) is 177. The van der Waals surface area contributed by atoms with Crippen LogP contribution in [-0.4, -0.2) is 0 Å². The first-order valence-corrected chi connectivity index (χ1v) is 52.6. The van der Waals surface area contributed by atoms with Crippen molar-refractivity contribution >= 4 is 151 Å². The molecule has 0 heteroatoms. The molecule has 0 fully saturated rings. The van der Waals surface area contributed by atoms with E-state index < -0.39 is 0 Å². The predicted octanol–water partition coefficient (Wildman–Crippen LogP) is 42.9. The first-order chi connectivity index (χ1) is 72.7. The lowest BCUT2D eigenvalue weighted by Gasteiger charge is -2.08. The van der Waals surface area contributed by atoms with Gasteiger partial charge in [0.2, 0.25) is 0 Å². The van der Waals surface area contributed by atoms with Gasteiger partial charge in [0.25, 0.3) is 0 Å². The molecule has 150 heavy (non-hydrogen) atoms. The minimum absolute atomic E-state index is 1.27. The van der Waals surface area contributed by atoms with Crippen LogP contribution in [0.2, 0.25) is 0 Å². The third-order valence-electron chi connectivity index (χ3n) is 29.2. The van der Waals surface area contributed by atoms with Crippen molar-refractivity contribution in [3.63, 3.8) is 0 Å². The van der Waals surface area contributed by atoms with Crippen LogP contribution in [0, 0.1) is 111 Å². The van der Waals surface area contributed by atoms with Crippen LogP contribution < -0.4 is 0 Å². The molecule has 27 rings (SSSR count). The van der Waals surface area contributed by atoms with Crippen LogP contribution in [0.4, 0.5) is 0 Å². The van der Waals surface area contributed by atoms with Crippen molar-refractivity contribution in [1.29, 1.82) is 0 Å². The summed E-state index contributed by atoms with van der Waals surface area (Å²) in [5.41, 5.74) is 33.7. The van der Waals surface area contributed by atoms with Crippen molar-refractivity contribution < 1.29 is 0 Å². The van der Waals surface area contributed by atoms with Crippen molar-refractivity contribution in [2.45, 2.75) is 111 Å². The highest BCUT2D eigenvalue weighted by atomic mass is 14.2. The number of hydrogen-bond donors (Lipinski definition) is 0. The molecule has 728 valence electrons. The van der Waals surface area contributed by atoms with E-state index in [1.54, 1.807) is 0 Å². The van der Waals surface area contributed by atoms with E-state index in [1.807, 2.05) is 0 Å². The maximum Gasteiger partial charge on any atom is -0.00990 e. The summed E-state index contributed by atoms with van der Waals surface area (Å²) < 4.78 is 0. The van der Waals surface area contributed by atoms with Crippen molar-refractivity contribution in [2.24, 2.45) is 0 Å². The lowest BCUT2D eigenvalue weighted by atomic mass is 9.96. The molecule has 0 heterocycles. The molecule has 0 aliphatic heterocycles. The molecule has 0 radical (unpaired) electrons. The number of aryl methyl sites for hydroxylation is 16. The Labute approximate surface area is 885 Å². The Bertz CT molecular complexity index is 9280. The Morgan fingerprint density at radius 2 is 0.173 bits per heavy atom. The molecule has 0 nitrogen and oxygen atoms in total. The van der Waals surface area contributed by atoms with E-state index in [-0.39, 0.29) is 0 Å². The molecule has 0 aliphatic carbocycles. The van der Waals surface area contributed by atoms with E-state index in [4.69, 9.17) is 0 Å². The van der Waals surface area contributed by atoms with Crippen molar-refractivity contribution in [2.75, 3.05) is 0 Å². The minimum atomic E-state index is 1.27. The molecule has 0 aromatic heterocycles. The number of benzene rings is 27. The second kappa shape index (κ2) is 44.5. The van der Waals surface area contributed by atoms with Crippen LogP contribution in [0.25, 0.3) is 206 Å². The summed E-state index contributed by atoms with van der Waals surface area (Å²) in [5, 5.41) is 37.0. The Morgan fingerprint density at radius 1 is 0.0667 bits per heavy atom. The van der Waals surface area contributed by atoms with E-state index in [9.17, 15) is 0 Å². The summed E-state index contributed by atoms with van der Waals surface area (Å²) >= 11 is 0. The smallest absolute Gasteiger partial charge is 0.00990 e. The van der Waals surface area contributed by atoms with E-state index in [0.29, 0.717) is 0 Å². The Kier molecular flexibility index (Phi) is 29.6. The van der Waals surface area contributed by atoms with Gasteiger partial charge in [-0.2, -0.15) is 0 Å². The molecule has 0 atom stereocenters. The first-order valence-electron chi connectivity index (χ1n) is 52.6. The van der Waals surface area contributed by atoms with Crippen molar-refractivity contribution in [3.8, 4) is 55.6 Å². The van der Waals surface area contributed by atoms with Crippen LogP contribution in [0.5, 0.6) is 0 Å². The summed E-state index contributed by atoms with van der Waals surface area (Å²) in [6.07, 6.45) is 0. The average Bonchev–Trinajstić information content (AvgIpc) is 0.758. The van der Waals surface area contributed by atoms with Gasteiger partial charge in [-0.1, -0.05) is 514 Å². The topological polar surface area (TPSA) is 0 Å². The van der Waals surface area contributed by atoms with Gasteiger partial charge >= 0.3 is 0 Å². The van der Waals surface area contributed by atoms with Crippen molar-refractivity contribution in [3.05, 3.63) is 574 Å². The highest BCUT2D eigenvalue weighted by Gasteiger charge is 2.13. The minimum Gasteiger partial charge on any atom is -0.0587 e. The normalized spacial score (nSPS) is 11.1. The largest absolute Gasteiger partial charge is 0.0587 e. The molecule has 27 aromatic carbocycles. The SMILES string of the molecule is Cc1ccc(-c2ccc3cc(-c4ccc(C)cc4)ccc3c2)cc1.Cc1ccc(-c2ccc3cc(C)ccc3c2)cc1.Cc1ccc(-c2ccc3cc4cc(C)ccc4cc3c2)cc1.Cc1ccc2c(ccc3c4ccc(C)cc4ccc23)c1.Cc1ccc2c(ccc3cc(C)ccc32)c1.Cc1ccc2cc(-c3ccc4cc(C)ccc4c3)ccc2c1.Cc1ccc2cc(C)ccc2c1.Cc1ccc2cc3cc(C)ccc3cc2c1. The standard InChI is InChI=1S/C24H20.2C22H18.C20H16.C18H16.2C16H14.C12H12/c1-17-3-7-19(8-4-17)21-11-13-24-16-22(12-14-23(24)15-21)20-9-5-18(2)6-10-20;1-15-3-6-17(7-4-15)18-9-10-20-13-21-11-16(2)5-8-19(21)14-22(20)12-18;1-15-3-5-19-13-21(9-7-17(19)11-15)22-10-8-18-12-16(2)4-6-20(18)14-22;1-13-3-7-17-15(11-13)5-9-20-18-8-4-14(2)12-16(18)6-10-19(17)20;1-13-3-6-15(7-4-13)17-10-9-16-11-14(2)5-8-18(16)12-17;1-11-3-7-15-13(9-11)5-6-14-10-12(2)4-8-16(14)15;1-11-3-5-13-10-16-8-12(2)4-6-14(16)9-15(13)7-11;1-9-3-5-12-8-10(2)4-6-11(12)7-9/h3-16H,1-2H3;2*3-14H,1-2H3;3-12H,1-2H3;3-12H,1-2H3;2*3-10H,1-2H3;3-8H,1-2H3. The van der Waals surface area contributed by atoms with E-state index in [1.165, 1.54) is 295 Å². The molecule has 0 aliphatic rings. The van der Waals surface area contributed by atoms with Gasteiger partial charge in [-0.25, -0.2) is 0 Å². The number of fused-ring (bicyclic) bond motifs is 17. The Morgan fingerprint density at radius 3 is 0.380 bits per heavy atom. The van der Waals surface area contributed by atoms with Crippen LogP contribution in [0.15, 0.2) is 485 Å². The second-order valence-corrected chi connectivity index (χ2v) is 41.8. The number of hydrogen-bond acceptors (Lipinski definition) is 0. The third kappa shape index (κ3) is 23.8. The van der Waals surface area contributed by atoms with Gasteiger partial charge in [-0.05, 0) is 378 Å². The highest BCUT2D eigenvalue weighted by Crippen LogP contribution is 2.38. The van der Waals surface area contributed by atoms with Crippen LogP contribution >= 0.6 is 0 Å². The van der Waals surface area contributed by atoms with Crippen LogP contribution in [-0.2, 0) is 0 Å². The molecule has 0 amide bonds. The fraction of sp³-hybridized carbons (Fsp3) is 0.107. The van der Waals surface area contributed by atoms with Crippen molar-refractivity contribution in [1.82, 2.24) is 0 Å². The first kappa shape index (κ1) is 99.9. The Balaban J connectivity index is 0.000000104. The lowest BCUT2D eigenvalue weighted by Crippen LogP contribution is -1.82. The molecule has 0 N–H and O–H groups in total. The van der Waals surface area contributed by atoms with Gasteiger partial charge in [0.1, 0.15) is 0 Å². The fourth-order valence-corrected chi connectivity index (χ4v) is 20.7. The zero-order valence-corrected chi connectivity index (χ0v) is 89.2. The Hall–Kier alpha value is -17.4. The average molecular weight is 1930 g/mol. The summed E-state index contributed by atoms with van der Waals surface area (Å²) in [6.45, 7) is 34.1. The van der Waals surface area contributed by atoms with Gasteiger partial charge in [0.15, 0.2) is 0 Å². The molecule has 27 aromatic rings. The van der Waals surface area contributed by atoms with Gasteiger partial charge < -0.3 is 0 Å². The molecule has 0 spiro atoms. The third-order valence-corrected chi connectivity index (χ3v) is 29.2. The molecule has 0 saturated heterocycles. The molecule has 0 unspecified atom stereocenters. The zero-order valence-electron chi connectivity index (χ0n) is 89.2. The maximum absolute atomic E-state index is 2.29. The molecular weight excluding hydrogens is 1800 g/mol. The highest BCUT2D eigenvalue weighted by molar-refractivity contribution is 6.18. The van der Waals surface area contributed by atoms with E-state index >= 15 is 0 Å². The van der Waals surface area contributed by atoms with Crippen LogP contribution in [0.1, 0.15) is 89.0 Å². The molecule has 0 bridgehead atoms. The monoisotopic (exact) mass is 1930 g/mol. The molecule has 0 saturated carbocycles. The van der Waals surface area contributed by atoms with Gasteiger partial charge in [-0.15, -0.1) is 0 Å². The summed E-state index contributed by atoms with van der Waals surface area (Å²) in [4.78, 5) is 0. The maximum atomic E-state index is 2.29. The van der Waals surface area contributed by atoms with E-state index in [2.05, 4.69) is 596 Å².